The lowest BCUT2D eigenvalue weighted by Gasteiger charge is -2.41. The minimum absolute atomic E-state index is 0.0724. The first-order chi connectivity index (χ1) is 15.3. The molecule has 0 amide bonds. The summed E-state index contributed by atoms with van der Waals surface area (Å²) in [6, 6.07) is 7.76. The first-order valence-electron chi connectivity index (χ1n) is 10.8. The molecule has 174 valence electrons. The van der Waals surface area contributed by atoms with E-state index in [9.17, 15) is 17.2 Å². The maximum atomic E-state index is 14.8. The second-order valence-corrected chi connectivity index (χ2v) is 10.4. The molecular weight excluding hydrogens is 438 g/mol. The summed E-state index contributed by atoms with van der Waals surface area (Å²) in [5.74, 6) is -1.00. The highest BCUT2D eigenvalue weighted by Crippen LogP contribution is 2.37. The highest BCUT2D eigenvalue weighted by molar-refractivity contribution is 7.89. The van der Waals surface area contributed by atoms with E-state index in [4.69, 9.17) is 9.84 Å². The number of hydrogen-bond donors (Lipinski definition) is 2. The summed E-state index contributed by atoms with van der Waals surface area (Å²) in [5.41, 5.74) is 1.34. The van der Waals surface area contributed by atoms with Crippen molar-refractivity contribution in [3.05, 3.63) is 59.2 Å². The normalized spacial score (nSPS) is 20.4. The predicted octanol–water partition coefficient (Wildman–Crippen LogP) is 3.62. The van der Waals surface area contributed by atoms with Gasteiger partial charge in [-0.3, -0.25) is 0 Å². The molecule has 1 fully saturated rings. The molecule has 9 heteroatoms. The van der Waals surface area contributed by atoms with Crippen molar-refractivity contribution < 1.29 is 27.0 Å². The SMILES string of the molecule is CC1c2ccc(F)cc2CCN1S(=O)(=O)c1ccc(NCC2(OCCO)CCC2)c(F)c1. The van der Waals surface area contributed by atoms with Crippen LogP contribution in [0.1, 0.15) is 43.4 Å². The molecule has 0 radical (unpaired) electrons. The van der Waals surface area contributed by atoms with E-state index in [1.54, 1.807) is 13.0 Å². The van der Waals surface area contributed by atoms with Crippen molar-refractivity contribution in [1.29, 1.82) is 0 Å². The Labute approximate surface area is 187 Å². The van der Waals surface area contributed by atoms with E-state index in [1.165, 1.54) is 28.6 Å². The largest absolute Gasteiger partial charge is 0.394 e. The second-order valence-electron chi connectivity index (χ2n) is 8.49. The van der Waals surface area contributed by atoms with Crippen LogP contribution in [0, 0.1) is 11.6 Å². The van der Waals surface area contributed by atoms with Gasteiger partial charge in [-0.05, 0) is 74.1 Å². The average molecular weight is 467 g/mol. The van der Waals surface area contributed by atoms with Crippen molar-refractivity contribution in [2.45, 2.75) is 49.1 Å². The summed E-state index contributed by atoms with van der Waals surface area (Å²) in [5, 5.41) is 12.0. The summed E-state index contributed by atoms with van der Waals surface area (Å²) in [4.78, 5) is -0.118. The van der Waals surface area contributed by atoms with Crippen molar-refractivity contribution in [2.24, 2.45) is 0 Å². The van der Waals surface area contributed by atoms with Crippen LogP contribution >= 0.6 is 0 Å². The van der Waals surface area contributed by atoms with Crippen LogP contribution in [0.15, 0.2) is 41.3 Å². The molecule has 2 aromatic carbocycles. The number of nitrogens with zero attached hydrogens (tertiary/aromatic N) is 1. The van der Waals surface area contributed by atoms with E-state index in [0.29, 0.717) is 13.0 Å². The van der Waals surface area contributed by atoms with E-state index >= 15 is 0 Å². The molecule has 1 saturated carbocycles. The van der Waals surface area contributed by atoms with Gasteiger partial charge in [0.05, 0.1) is 29.4 Å². The van der Waals surface area contributed by atoms with Gasteiger partial charge in [-0.25, -0.2) is 17.2 Å². The lowest BCUT2D eigenvalue weighted by Crippen LogP contribution is -2.47. The van der Waals surface area contributed by atoms with Crippen LogP contribution in [-0.4, -0.2) is 49.7 Å². The van der Waals surface area contributed by atoms with Gasteiger partial charge in [0.15, 0.2) is 0 Å². The van der Waals surface area contributed by atoms with E-state index in [-0.39, 0.29) is 36.2 Å². The molecule has 0 saturated heterocycles. The highest BCUT2D eigenvalue weighted by atomic mass is 32.2. The molecule has 0 bridgehead atoms. The average Bonchev–Trinajstić information content (AvgIpc) is 2.73. The minimum atomic E-state index is -3.93. The fourth-order valence-electron chi connectivity index (χ4n) is 4.50. The molecule has 0 aromatic heterocycles. The molecule has 1 aliphatic carbocycles. The van der Waals surface area contributed by atoms with Crippen molar-refractivity contribution >= 4 is 15.7 Å². The van der Waals surface area contributed by atoms with Gasteiger partial charge < -0.3 is 15.2 Å². The molecule has 2 aliphatic rings. The lowest BCUT2D eigenvalue weighted by atomic mass is 9.80. The monoisotopic (exact) mass is 466 g/mol. The molecule has 4 rings (SSSR count). The van der Waals surface area contributed by atoms with Gasteiger partial charge in [0.2, 0.25) is 10.0 Å². The first-order valence-corrected chi connectivity index (χ1v) is 12.3. The number of rotatable bonds is 8. The Morgan fingerprint density at radius 2 is 2.00 bits per heavy atom. The predicted molar refractivity (Wildman–Crippen MR) is 117 cm³/mol. The van der Waals surface area contributed by atoms with Gasteiger partial charge in [0, 0.05) is 19.1 Å². The van der Waals surface area contributed by atoms with Crippen LogP contribution in [0.25, 0.3) is 0 Å². The quantitative estimate of drug-likeness (QED) is 0.621. The number of aliphatic hydroxyl groups excluding tert-OH is 1. The van der Waals surface area contributed by atoms with Gasteiger partial charge in [0.25, 0.3) is 0 Å². The molecule has 6 nitrogen and oxygen atoms in total. The zero-order valence-electron chi connectivity index (χ0n) is 18.0. The summed E-state index contributed by atoms with van der Waals surface area (Å²) < 4.78 is 61.9. The molecule has 1 atom stereocenters. The summed E-state index contributed by atoms with van der Waals surface area (Å²) in [7, 11) is -3.93. The fourth-order valence-corrected chi connectivity index (χ4v) is 6.13. The van der Waals surface area contributed by atoms with E-state index in [0.717, 1.165) is 36.5 Å². The molecule has 0 spiro atoms. The van der Waals surface area contributed by atoms with E-state index in [2.05, 4.69) is 5.32 Å². The molecule has 1 unspecified atom stereocenters. The minimum Gasteiger partial charge on any atom is -0.394 e. The number of nitrogens with one attached hydrogen (secondary N) is 1. The van der Waals surface area contributed by atoms with Gasteiger partial charge in [-0.2, -0.15) is 4.31 Å². The Kier molecular flexibility index (Phi) is 6.53. The first kappa shape index (κ1) is 23.1. The van der Waals surface area contributed by atoms with Gasteiger partial charge in [-0.15, -0.1) is 0 Å². The summed E-state index contributed by atoms with van der Waals surface area (Å²) in [6.45, 7) is 2.49. The van der Waals surface area contributed by atoms with Crippen LogP contribution in [0.2, 0.25) is 0 Å². The number of halogens is 2. The third-order valence-electron chi connectivity index (χ3n) is 6.50. The standard InChI is InChI=1S/C23H28F2N2O4S/c1-16-20-5-3-18(24)13-17(20)7-10-27(16)32(29,30)19-4-6-22(21(25)14-19)26-15-23(8-2-9-23)31-12-11-28/h3-6,13-14,16,26,28H,2,7-12,15H2,1H3. The Balaban J connectivity index is 1.50. The van der Waals surface area contributed by atoms with E-state index in [1.807, 2.05) is 0 Å². The molecule has 1 aliphatic heterocycles. The van der Waals surface area contributed by atoms with Crippen molar-refractivity contribution in [1.82, 2.24) is 4.31 Å². The topological polar surface area (TPSA) is 78.9 Å². The Hall–Kier alpha value is -2.07. The fraction of sp³-hybridized carbons (Fsp3) is 0.478. The Morgan fingerprint density at radius 1 is 1.22 bits per heavy atom. The van der Waals surface area contributed by atoms with Crippen LogP contribution in [0.4, 0.5) is 14.5 Å². The number of aliphatic hydroxyl groups is 1. The van der Waals surface area contributed by atoms with Crippen LogP contribution < -0.4 is 5.32 Å². The third-order valence-corrected chi connectivity index (χ3v) is 8.47. The maximum absolute atomic E-state index is 14.8. The highest BCUT2D eigenvalue weighted by Gasteiger charge is 2.38. The smallest absolute Gasteiger partial charge is 0.243 e. The van der Waals surface area contributed by atoms with Crippen molar-refractivity contribution in [2.75, 3.05) is 31.6 Å². The maximum Gasteiger partial charge on any atom is 0.243 e. The van der Waals surface area contributed by atoms with Gasteiger partial charge >= 0.3 is 0 Å². The number of fused-ring (bicyclic) bond motifs is 1. The van der Waals surface area contributed by atoms with Gasteiger partial charge in [0.1, 0.15) is 11.6 Å². The molecule has 2 N–H and O–H groups in total. The van der Waals surface area contributed by atoms with E-state index < -0.39 is 27.5 Å². The van der Waals surface area contributed by atoms with Crippen LogP contribution in [0.5, 0.6) is 0 Å². The number of anilines is 1. The summed E-state index contributed by atoms with van der Waals surface area (Å²) >= 11 is 0. The number of ether oxygens (including phenoxy) is 1. The molecular formula is C23H28F2N2O4S. The Morgan fingerprint density at radius 3 is 2.66 bits per heavy atom. The zero-order chi connectivity index (χ0) is 22.9. The van der Waals surface area contributed by atoms with Crippen molar-refractivity contribution in [3.8, 4) is 0 Å². The molecule has 1 heterocycles. The summed E-state index contributed by atoms with van der Waals surface area (Å²) in [6.07, 6.45) is 3.06. The van der Waals surface area contributed by atoms with Crippen molar-refractivity contribution in [3.63, 3.8) is 0 Å². The Bertz CT molecular complexity index is 1090. The van der Waals surface area contributed by atoms with Gasteiger partial charge in [-0.1, -0.05) is 6.07 Å². The second kappa shape index (κ2) is 9.05. The number of sulfonamides is 1. The van der Waals surface area contributed by atoms with Crippen LogP contribution in [0.3, 0.4) is 0 Å². The zero-order valence-corrected chi connectivity index (χ0v) is 18.8. The lowest BCUT2D eigenvalue weighted by molar-refractivity contribution is -0.0980. The molecule has 32 heavy (non-hydrogen) atoms. The number of benzene rings is 2. The van der Waals surface area contributed by atoms with Crippen LogP contribution in [-0.2, 0) is 21.2 Å². The molecule has 2 aromatic rings. The number of hydrogen-bond acceptors (Lipinski definition) is 5. The third kappa shape index (κ3) is 4.39.